The second-order valence-corrected chi connectivity index (χ2v) is 6.50. The van der Waals surface area contributed by atoms with E-state index in [-0.39, 0.29) is 24.8 Å². The molecular formula is C8H12Cl2PTi. The molecular weight excluding hydrogens is 246 g/mol. The Morgan fingerprint density at radius 3 is 1.67 bits per heavy atom. The molecule has 0 fully saturated rings. The van der Waals surface area contributed by atoms with Gasteiger partial charge in [0.25, 0.3) is 0 Å². The van der Waals surface area contributed by atoms with E-state index < -0.39 is 0 Å². The molecule has 0 unspecified atom stereocenters. The van der Waals surface area contributed by atoms with Gasteiger partial charge >= 0.3 is 76.2 Å². The number of halogens is 2. The maximum atomic E-state index is 2.31. The van der Waals surface area contributed by atoms with Crippen LogP contribution in [0.5, 0.6) is 0 Å². The van der Waals surface area contributed by atoms with Crippen molar-refractivity contribution in [2.75, 3.05) is 0 Å². The first kappa shape index (κ1) is 15.7. The summed E-state index contributed by atoms with van der Waals surface area (Å²) in [5, 5.41) is 0.411. The molecule has 0 aromatic rings. The molecule has 0 amide bonds. The molecule has 1 heterocycles. The summed E-state index contributed by atoms with van der Waals surface area (Å²) in [5.74, 6) is 0. The fourth-order valence-electron chi connectivity index (χ4n) is 1.08. The van der Waals surface area contributed by atoms with Gasteiger partial charge < -0.3 is 24.8 Å². The summed E-state index contributed by atoms with van der Waals surface area (Å²) in [7, 11) is 1.50. The molecule has 4 heteroatoms. The smallest absolute Gasteiger partial charge is 1.00 e. The summed E-state index contributed by atoms with van der Waals surface area (Å²) in [6.45, 7) is 9.10. The normalized spacial score (nSPS) is 21.0. The van der Waals surface area contributed by atoms with Crippen LogP contribution in [0.3, 0.4) is 0 Å². The predicted molar refractivity (Wildman–Crippen MR) is 44.4 cm³/mol. The summed E-state index contributed by atoms with van der Waals surface area (Å²) in [4.78, 5) is 0. The third-order valence-corrected chi connectivity index (χ3v) is 4.79. The molecule has 0 spiro atoms. The zero-order chi connectivity index (χ0) is 7.94. The Morgan fingerprint density at radius 1 is 1.17 bits per heavy atom. The fraction of sp³-hybridized carbons (Fsp3) is 0.625. The Labute approximate surface area is 101 Å². The van der Waals surface area contributed by atoms with E-state index in [1.54, 1.807) is 9.17 Å². The molecule has 0 N–H and O–H groups in total. The first-order valence-corrected chi connectivity index (χ1v) is 5.12. The van der Waals surface area contributed by atoms with E-state index >= 15 is 0 Å². The van der Waals surface area contributed by atoms with Crippen molar-refractivity contribution in [2.45, 2.75) is 32.9 Å². The van der Waals surface area contributed by atoms with Crippen molar-refractivity contribution >= 4 is 11.8 Å². The van der Waals surface area contributed by atoms with Crippen molar-refractivity contribution in [3.63, 3.8) is 0 Å². The molecule has 1 aliphatic heterocycles. The van der Waals surface area contributed by atoms with Crippen molar-refractivity contribution in [2.24, 2.45) is 0 Å². The van der Waals surface area contributed by atoms with Crippen molar-refractivity contribution in [1.82, 2.24) is 0 Å². The van der Waals surface area contributed by atoms with Gasteiger partial charge in [-0.2, -0.15) is 0 Å². The van der Waals surface area contributed by atoms with Gasteiger partial charge in [-0.15, -0.1) is 0 Å². The minimum absolute atomic E-state index is 0. The Hall–Kier alpha value is 1.20. The fourth-order valence-corrected chi connectivity index (χ4v) is 3.92. The minimum Gasteiger partial charge on any atom is -1.00 e. The Morgan fingerprint density at radius 2 is 1.58 bits per heavy atom. The topological polar surface area (TPSA) is 0 Å². The predicted octanol–water partition coefficient (Wildman–Crippen LogP) is -3.25. The van der Waals surface area contributed by atoms with Crippen molar-refractivity contribution in [3.8, 4) is 0 Å². The molecule has 0 saturated carbocycles. The third-order valence-electron chi connectivity index (χ3n) is 2.23. The Kier molecular flexibility index (Phi) is 6.76. The van der Waals surface area contributed by atoms with E-state index in [0.29, 0.717) is 5.16 Å². The Bertz CT molecular complexity index is 231. The van der Waals surface area contributed by atoms with E-state index in [2.05, 4.69) is 48.1 Å². The summed E-state index contributed by atoms with van der Waals surface area (Å²) in [6, 6.07) is 0. The number of hydrogen-bond acceptors (Lipinski definition) is 0. The molecule has 12 heavy (non-hydrogen) atoms. The van der Waals surface area contributed by atoms with Gasteiger partial charge in [-0.1, -0.05) is 0 Å². The van der Waals surface area contributed by atoms with Crippen LogP contribution in [-0.4, -0.2) is 8.75 Å². The monoisotopic (exact) mass is 257 g/mol. The molecule has 1 aliphatic rings. The molecule has 1 rings (SSSR count). The van der Waals surface area contributed by atoms with Crippen LogP contribution in [0.25, 0.3) is 0 Å². The molecule has 0 bridgehead atoms. The third kappa shape index (κ3) is 2.86. The summed E-state index contributed by atoms with van der Waals surface area (Å²) >= 11 is 2.23. The largest absolute Gasteiger partial charge is 1.00 e. The molecule has 67 valence electrons. The first-order valence-electron chi connectivity index (χ1n) is 3.45. The quantitative estimate of drug-likeness (QED) is 0.316. The van der Waals surface area contributed by atoms with Gasteiger partial charge in [0.2, 0.25) is 0 Å². The van der Waals surface area contributed by atoms with Crippen LogP contribution in [0, 0.1) is 0 Å². The van der Waals surface area contributed by atoms with E-state index in [0.717, 1.165) is 0 Å². The van der Waals surface area contributed by atoms with Gasteiger partial charge in [0.1, 0.15) is 0 Å². The maximum Gasteiger partial charge on any atom is -1.00 e. The average Bonchev–Trinajstić information content (AvgIpc) is 1.95. The van der Waals surface area contributed by atoms with Crippen molar-refractivity contribution in [1.29, 1.82) is 0 Å². The number of hydrogen-bond donors (Lipinski definition) is 0. The second kappa shape index (κ2) is 5.18. The summed E-state index contributed by atoms with van der Waals surface area (Å²) in [5.41, 5.74) is 3.08. The van der Waals surface area contributed by atoms with Crippen LogP contribution < -0.4 is 24.8 Å². The van der Waals surface area contributed by atoms with E-state index in [1.165, 1.54) is 13.8 Å². The zero-order valence-corrected chi connectivity index (χ0v) is 11.7. The van der Waals surface area contributed by atoms with Crippen molar-refractivity contribution in [3.05, 3.63) is 11.1 Å². The average molecular weight is 258 g/mol. The first-order chi connectivity index (χ1) is 4.45. The van der Waals surface area contributed by atoms with Gasteiger partial charge in [0.15, 0.2) is 0 Å². The minimum atomic E-state index is 0. The van der Waals surface area contributed by atoms with E-state index in [4.69, 9.17) is 0 Å². The summed E-state index contributed by atoms with van der Waals surface area (Å²) in [6.07, 6.45) is 0. The SMILES string of the molecule is CC1=C(C)C(C)(C)P=[C]1[Ti+2].[Cl-].[Cl-]. The Balaban J connectivity index is 0. The van der Waals surface area contributed by atoms with Crippen LogP contribution >= 0.6 is 8.20 Å². The molecule has 0 saturated heterocycles. The second-order valence-electron chi connectivity index (χ2n) is 3.27. The van der Waals surface area contributed by atoms with Gasteiger partial charge in [0.05, 0.1) is 0 Å². The molecule has 0 aromatic heterocycles. The van der Waals surface area contributed by atoms with Gasteiger partial charge in [0, 0.05) is 0 Å². The van der Waals surface area contributed by atoms with E-state index in [1.807, 2.05) is 0 Å². The molecule has 0 nitrogen and oxygen atoms in total. The zero-order valence-electron chi connectivity index (χ0n) is 7.70. The van der Waals surface area contributed by atoms with Gasteiger partial charge in [-0.3, -0.25) is 0 Å². The van der Waals surface area contributed by atoms with E-state index in [9.17, 15) is 0 Å². The standard InChI is InChI=1S/C8H12P.2ClH.Ti/c1-6-5-9-8(3,4)7(6)2;;;/h1-4H3;2*1H;/q;;;+2/p-2. The summed E-state index contributed by atoms with van der Waals surface area (Å²) < 4.78 is 1.54. The number of rotatable bonds is 0. The van der Waals surface area contributed by atoms with Crippen molar-refractivity contribution < 1.29 is 45.2 Å². The molecule has 0 aromatic carbocycles. The maximum absolute atomic E-state index is 2.31. The van der Waals surface area contributed by atoms with Gasteiger partial charge in [-0.25, -0.2) is 0 Å². The van der Waals surface area contributed by atoms with Crippen LogP contribution in [0.2, 0.25) is 0 Å². The van der Waals surface area contributed by atoms with Crippen LogP contribution in [-0.2, 0) is 20.4 Å². The molecule has 0 radical (unpaired) electrons. The number of allylic oxidation sites excluding steroid dienone is 2. The molecule has 0 atom stereocenters. The molecule has 0 aliphatic carbocycles. The van der Waals surface area contributed by atoms with Crippen LogP contribution in [0.4, 0.5) is 0 Å². The van der Waals surface area contributed by atoms with Gasteiger partial charge in [-0.05, 0) is 0 Å². The van der Waals surface area contributed by atoms with Crippen LogP contribution in [0.15, 0.2) is 11.1 Å². The van der Waals surface area contributed by atoms with Crippen LogP contribution in [0.1, 0.15) is 27.7 Å².